The highest BCUT2D eigenvalue weighted by Crippen LogP contribution is 2.31. The molecular weight excluding hydrogens is 404 g/mol. The number of aromatic amines is 1. The van der Waals surface area contributed by atoms with Crippen LogP contribution in [-0.4, -0.2) is 15.0 Å². The standard InChI is InChI=1S/C20H14F4N4S/c21-15-8-13(26-12-4-2-1-3-5-12)9-16-19(15)28-18(27-16)11-29-14-6-7-25-17(10-14)20(22,23)24/h1-10,26H,11H2,(H,27,28). The fourth-order valence-corrected chi connectivity index (χ4v) is 3.55. The van der Waals surface area contributed by atoms with Crippen molar-refractivity contribution in [1.29, 1.82) is 0 Å². The summed E-state index contributed by atoms with van der Waals surface area (Å²) in [5.41, 5.74) is 1.11. The summed E-state index contributed by atoms with van der Waals surface area (Å²) in [5, 5.41) is 3.11. The van der Waals surface area contributed by atoms with Gasteiger partial charge in [-0.1, -0.05) is 18.2 Å². The maximum absolute atomic E-state index is 14.5. The summed E-state index contributed by atoms with van der Waals surface area (Å²) >= 11 is 1.16. The Hall–Kier alpha value is -3.07. The normalized spacial score (nSPS) is 11.7. The summed E-state index contributed by atoms with van der Waals surface area (Å²) in [5.74, 6) is 0.260. The second-order valence-corrected chi connectivity index (χ2v) is 7.24. The van der Waals surface area contributed by atoms with Gasteiger partial charge in [0.1, 0.15) is 17.0 Å². The third-order valence-corrected chi connectivity index (χ3v) is 5.06. The number of thioether (sulfide) groups is 1. The summed E-state index contributed by atoms with van der Waals surface area (Å²) in [6, 6.07) is 14.9. The Morgan fingerprint density at radius 3 is 2.55 bits per heavy atom. The molecule has 0 aliphatic rings. The highest BCUT2D eigenvalue weighted by atomic mass is 32.2. The van der Waals surface area contributed by atoms with Crippen LogP contribution in [0.5, 0.6) is 0 Å². The summed E-state index contributed by atoms with van der Waals surface area (Å²) in [6.07, 6.45) is -3.38. The second-order valence-electron chi connectivity index (χ2n) is 6.19. The van der Waals surface area contributed by atoms with Crippen LogP contribution in [0.2, 0.25) is 0 Å². The van der Waals surface area contributed by atoms with Gasteiger partial charge in [0, 0.05) is 22.5 Å². The van der Waals surface area contributed by atoms with Crippen LogP contribution in [0, 0.1) is 5.82 Å². The predicted octanol–water partition coefficient (Wildman–Crippen LogP) is 6.15. The largest absolute Gasteiger partial charge is 0.433 e. The lowest BCUT2D eigenvalue weighted by molar-refractivity contribution is -0.141. The summed E-state index contributed by atoms with van der Waals surface area (Å²) in [7, 11) is 0. The molecule has 29 heavy (non-hydrogen) atoms. The quantitative estimate of drug-likeness (QED) is 0.301. The van der Waals surface area contributed by atoms with Gasteiger partial charge >= 0.3 is 6.18 Å². The molecule has 4 rings (SSSR count). The second kappa shape index (κ2) is 7.75. The number of aromatic nitrogens is 3. The Kier molecular flexibility index (Phi) is 5.14. The molecule has 2 N–H and O–H groups in total. The van der Waals surface area contributed by atoms with Crippen molar-refractivity contribution in [1.82, 2.24) is 15.0 Å². The first-order valence-electron chi connectivity index (χ1n) is 8.55. The molecule has 0 saturated heterocycles. The first kappa shape index (κ1) is 19.3. The Labute approximate surface area is 167 Å². The van der Waals surface area contributed by atoms with Crippen LogP contribution in [-0.2, 0) is 11.9 Å². The van der Waals surface area contributed by atoms with Crippen LogP contribution < -0.4 is 5.32 Å². The van der Waals surface area contributed by atoms with Crippen molar-refractivity contribution < 1.29 is 17.6 Å². The topological polar surface area (TPSA) is 53.6 Å². The minimum atomic E-state index is -4.50. The minimum Gasteiger partial charge on any atom is -0.355 e. The highest BCUT2D eigenvalue weighted by molar-refractivity contribution is 7.98. The SMILES string of the molecule is Fc1cc(Nc2ccccc2)cc2nc(CSc3ccnc(C(F)(F)F)c3)[nH]c12. The molecular formula is C20H14F4N4S. The average molecular weight is 418 g/mol. The molecule has 0 spiro atoms. The van der Waals surface area contributed by atoms with Gasteiger partial charge in [-0.05, 0) is 36.4 Å². The van der Waals surface area contributed by atoms with Gasteiger partial charge in [0.05, 0.1) is 11.3 Å². The van der Waals surface area contributed by atoms with Crippen LogP contribution in [0.1, 0.15) is 11.5 Å². The van der Waals surface area contributed by atoms with E-state index in [0.29, 0.717) is 21.9 Å². The molecule has 0 atom stereocenters. The Morgan fingerprint density at radius 1 is 1.00 bits per heavy atom. The monoisotopic (exact) mass is 418 g/mol. The van der Waals surface area contributed by atoms with Crippen LogP contribution in [0.3, 0.4) is 0 Å². The van der Waals surface area contributed by atoms with Gasteiger partial charge in [-0.3, -0.25) is 4.98 Å². The van der Waals surface area contributed by atoms with Gasteiger partial charge in [-0.15, -0.1) is 11.8 Å². The smallest absolute Gasteiger partial charge is 0.355 e. The van der Waals surface area contributed by atoms with Crippen molar-refractivity contribution in [3.05, 3.63) is 78.1 Å². The minimum absolute atomic E-state index is 0.255. The summed E-state index contributed by atoms with van der Waals surface area (Å²) in [6.45, 7) is 0. The van der Waals surface area contributed by atoms with E-state index in [9.17, 15) is 17.6 Å². The number of rotatable bonds is 5. The molecule has 0 amide bonds. The van der Waals surface area contributed by atoms with Gasteiger partial charge in [-0.2, -0.15) is 13.2 Å². The average Bonchev–Trinajstić information content (AvgIpc) is 3.10. The molecule has 0 unspecified atom stereocenters. The molecule has 0 saturated carbocycles. The third-order valence-electron chi connectivity index (χ3n) is 4.05. The zero-order valence-electron chi connectivity index (χ0n) is 14.8. The number of pyridine rings is 1. The molecule has 0 aliphatic heterocycles. The number of imidazole rings is 1. The van der Waals surface area contributed by atoms with Gasteiger partial charge in [-0.25, -0.2) is 9.37 Å². The van der Waals surface area contributed by atoms with E-state index in [2.05, 4.69) is 20.3 Å². The first-order valence-corrected chi connectivity index (χ1v) is 9.53. The van der Waals surface area contributed by atoms with Crippen LogP contribution in [0.4, 0.5) is 28.9 Å². The Balaban J connectivity index is 1.52. The molecule has 4 aromatic rings. The fraction of sp³-hybridized carbons (Fsp3) is 0.100. The number of fused-ring (bicyclic) bond motifs is 1. The molecule has 4 nitrogen and oxygen atoms in total. The maximum atomic E-state index is 14.5. The third kappa shape index (κ3) is 4.51. The van der Waals surface area contributed by atoms with E-state index in [-0.39, 0.29) is 11.3 Å². The number of hydrogen-bond donors (Lipinski definition) is 2. The lowest BCUT2D eigenvalue weighted by Gasteiger charge is -2.06. The molecule has 0 aliphatic carbocycles. The molecule has 2 aromatic heterocycles. The zero-order chi connectivity index (χ0) is 20.4. The lowest BCUT2D eigenvalue weighted by atomic mass is 10.2. The number of alkyl halides is 3. The number of para-hydroxylation sites is 1. The Morgan fingerprint density at radius 2 is 1.79 bits per heavy atom. The van der Waals surface area contributed by atoms with Gasteiger partial charge < -0.3 is 10.3 Å². The number of H-pyrrole nitrogens is 1. The van der Waals surface area contributed by atoms with Gasteiger partial charge in [0.2, 0.25) is 0 Å². The van der Waals surface area contributed by atoms with E-state index in [0.717, 1.165) is 29.7 Å². The van der Waals surface area contributed by atoms with E-state index >= 15 is 0 Å². The zero-order valence-corrected chi connectivity index (χ0v) is 15.6. The molecule has 9 heteroatoms. The molecule has 148 valence electrons. The summed E-state index contributed by atoms with van der Waals surface area (Å²) < 4.78 is 52.8. The van der Waals surface area contributed by atoms with Gasteiger partial charge in [0.15, 0.2) is 5.82 Å². The van der Waals surface area contributed by atoms with E-state index in [1.54, 1.807) is 6.07 Å². The van der Waals surface area contributed by atoms with E-state index in [1.807, 2.05) is 30.3 Å². The molecule has 2 aromatic carbocycles. The van der Waals surface area contributed by atoms with Crippen molar-refractivity contribution >= 4 is 34.2 Å². The van der Waals surface area contributed by atoms with Crippen molar-refractivity contribution in [3.63, 3.8) is 0 Å². The number of hydrogen-bond acceptors (Lipinski definition) is 4. The molecule has 0 fully saturated rings. The number of nitrogens with one attached hydrogen (secondary N) is 2. The number of benzene rings is 2. The number of anilines is 2. The first-order chi connectivity index (χ1) is 13.9. The van der Waals surface area contributed by atoms with E-state index in [4.69, 9.17) is 0 Å². The summed E-state index contributed by atoms with van der Waals surface area (Å²) in [4.78, 5) is 11.0. The van der Waals surface area contributed by atoms with Gasteiger partial charge in [0.25, 0.3) is 0 Å². The van der Waals surface area contributed by atoms with Crippen molar-refractivity contribution in [2.24, 2.45) is 0 Å². The molecule has 2 heterocycles. The van der Waals surface area contributed by atoms with Crippen LogP contribution >= 0.6 is 11.8 Å². The van der Waals surface area contributed by atoms with Crippen LogP contribution in [0.15, 0.2) is 65.7 Å². The predicted molar refractivity (Wildman–Crippen MR) is 105 cm³/mol. The highest BCUT2D eigenvalue weighted by Gasteiger charge is 2.32. The number of halogens is 4. The van der Waals surface area contributed by atoms with E-state index in [1.165, 1.54) is 12.1 Å². The number of nitrogens with zero attached hydrogens (tertiary/aromatic N) is 2. The van der Waals surface area contributed by atoms with Crippen LogP contribution in [0.25, 0.3) is 11.0 Å². The molecule has 0 bridgehead atoms. The molecule has 0 radical (unpaired) electrons. The maximum Gasteiger partial charge on any atom is 0.433 e. The van der Waals surface area contributed by atoms with E-state index < -0.39 is 17.7 Å². The Bertz CT molecular complexity index is 1140. The van der Waals surface area contributed by atoms with Crippen molar-refractivity contribution in [2.45, 2.75) is 16.8 Å². The van der Waals surface area contributed by atoms with Crippen molar-refractivity contribution in [2.75, 3.05) is 5.32 Å². The lowest BCUT2D eigenvalue weighted by Crippen LogP contribution is -2.07. The van der Waals surface area contributed by atoms with Crippen molar-refractivity contribution in [3.8, 4) is 0 Å². The fourth-order valence-electron chi connectivity index (χ4n) is 2.76.